The molecule has 2 aromatic rings. The number of nitrogens with one attached hydrogen (secondary N) is 2. The number of halogens is 4. The highest BCUT2D eigenvalue weighted by molar-refractivity contribution is 7.87. The number of piperidine rings is 1. The number of alkyl halides is 3. The van der Waals surface area contributed by atoms with Crippen LogP contribution in [0.1, 0.15) is 73.1 Å². The predicted molar refractivity (Wildman–Crippen MR) is 169 cm³/mol. The van der Waals surface area contributed by atoms with Gasteiger partial charge in [-0.15, -0.1) is 5.92 Å². The zero-order valence-electron chi connectivity index (χ0n) is 26.5. The average Bonchev–Trinajstić information content (AvgIpc) is 3.65. The molecule has 0 amide bonds. The van der Waals surface area contributed by atoms with Crippen molar-refractivity contribution in [3.05, 3.63) is 52.0 Å². The van der Waals surface area contributed by atoms with Crippen LogP contribution in [-0.2, 0) is 34.2 Å². The van der Waals surface area contributed by atoms with Crippen molar-refractivity contribution in [2.24, 2.45) is 0 Å². The van der Waals surface area contributed by atoms with Gasteiger partial charge in [0, 0.05) is 49.3 Å². The number of ether oxygens (including phenoxy) is 2. The quantitative estimate of drug-likeness (QED) is 0.187. The summed E-state index contributed by atoms with van der Waals surface area (Å²) in [6.45, 7) is 8.36. The molecule has 16 heteroatoms. The molecule has 48 heavy (non-hydrogen) atoms. The summed E-state index contributed by atoms with van der Waals surface area (Å²) in [6, 6.07) is 0.928. The van der Waals surface area contributed by atoms with Crippen molar-refractivity contribution in [3.63, 3.8) is 0 Å². The molecule has 3 atom stereocenters. The van der Waals surface area contributed by atoms with Gasteiger partial charge >= 0.3 is 12.2 Å². The molecule has 258 valence electrons. The van der Waals surface area contributed by atoms with Gasteiger partial charge in [-0.05, 0) is 51.6 Å². The molecule has 4 fully saturated rings. The van der Waals surface area contributed by atoms with E-state index < -0.39 is 56.2 Å². The van der Waals surface area contributed by atoms with E-state index >= 15 is 4.39 Å². The van der Waals surface area contributed by atoms with Crippen LogP contribution in [0.15, 0.2) is 18.2 Å². The zero-order chi connectivity index (χ0) is 34.1. The predicted octanol–water partition coefficient (Wildman–Crippen LogP) is 3.35. The maximum Gasteiger partial charge on any atom is 0.418 e. The average molecular weight is 692 g/mol. The Morgan fingerprint density at radius 2 is 2.04 bits per heavy atom. The number of nitrogens with two attached hydrogens (primary N) is 1. The molecule has 4 N–H and O–H groups in total. The lowest BCUT2D eigenvalue weighted by molar-refractivity contribution is -0.140. The van der Waals surface area contributed by atoms with E-state index in [4.69, 9.17) is 20.2 Å². The number of benzene rings is 1. The van der Waals surface area contributed by atoms with E-state index in [1.807, 2.05) is 4.90 Å². The molecule has 1 spiro atoms. The van der Waals surface area contributed by atoms with Crippen molar-refractivity contribution >= 4 is 21.7 Å². The third-order valence-corrected chi connectivity index (χ3v) is 11.3. The van der Waals surface area contributed by atoms with Gasteiger partial charge in [-0.25, -0.2) is 9.11 Å². The molecule has 1 aromatic carbocycles. The van der Waals surface area contributed by atoms with Crippen LogP contribution in [0.2, 0.25) is 0 Å². The lowest BCUT2D eigenvalue weighted by Gasteiger charge is -2.41. The molecule has 0 radical (unpaired) electrons. The van der Waals surface area contributed by atoms with Crippen LogP contribution in [0.3, 0.4) is 0 Å². The van der Waals surface area contributed by atoms with Crippen molar-refractivity contribution < 1.29 is 35.5 Å². The maximum atomic E-state index is 15.6. The standard InChI is InChI=1S/C32H37F4N7O4S/c1-3-6-20-11-22(37)27(33)25(26(20)32(34,35)36)24-12-23-21(15-46-24)28(42-9-4-7-30(17-42)16-38-48(44,45)41-30)40-29(39-23)47-18-31-8-5-10-43(31)14-19(2)13-31/h11,24,38,41H,2,4-5,7-10,12-18,37H2,1H3/t24-,30?,31+/m1/s1. The minimum atomic E-state index is -4.94. The van der Waals surface area contributed by atoms with E-state index in [9.17, 15) is 21.6 Å². The summed E-state index contributed by atoms with van der Waals surface area (Å²) in [4.78, 5) is 13.8. The molecule has 7 rings (SSSR count). The highest BCUT2D eigenvalue weighted by Gasteiger charge is 2.48. The monoisotopic (exact) mass is 691 g/mol. The maximum absolute atomic E-state index is 15.6. The molecule has 5 aliphatic rings. The lowest BCUT2D eigenvalue weighted by Crippen LogP contribution is -2.56. The smallest absolute Gasteiger partial charge is 0.418 e. The van der Waals surface area contributed by atoms with E-state index in [0.29, 0.717) is 43.1 Å². The first kappa shape index (κ1) is 33.0. The van der Waals surface area contributed by atoms with Crippen LogP contribution in [0, 0.1) is 17.7 Å². The highest BCUT2D eigenvalue weighted by atomic mass is 32.2. The summed E-state index contributed by atoms with van der Waals surface area (Å²) < 4.78 is 101. The van der Waals surface area contributed by atoms with E-state index in [-0.39, 0.29) is 37.7 Å². The van der Waals surface area contributed by atoms with E-state index in [1.54, 1.807) is 0 Å². The molecular weight excluding hydrogens is 654 g/mol. The number of fused-ring (bicyclic) bond motifs is 2. The number of aromatic nitrogens is 2. The van der Waals surface area contributed by atoms with Crippen molar-refractivity contribution in [1.82, 2.24) is 24.3 Å². The fourth-order valence-corrected chi connectivity index (χ4v) is 9.41. The van der Waals surface area contributed by atoms with E-state index in [2.05, 4.69) is 37.7 Å². The van der Waals surface area contributed by atoms with Gasteiger partial charge in [0.1, 0.15) is 12.4 Å². The molecule has 1 aromatic heterocycles. The molecule has 1 unspecified atom stereocenters. The normalized spacial score (nSPS) is 28.3. The Bertz CT molecular complexity index is 1850. The fraction of sp³-hybridized carbons (Fsp3) is 0.562. The second kappa shape index (κ2) is 11.8. The minimum Gasteiger partial charge on any atom is -0.461 e. The van der Waals surface area contributed by atoms with Crippen LogP contribution in [0.25, 0.3) is 0 Å². The van der Waals surface area contributed by atoms with Crippen LogP contribution in [0.5, 0.6) is 6.01 Å². The second-order valence-electron chi connectivity index (χ2n) is 13.4. The molecular formula is C32H37F4N7O4S. The van der Waals surface area contributed by atoms with Crippen LogP contribution in [-0.4, -0.2) is 73.7 Å². The third-order valence-electron chi connectivity index (χ3n) is 10.1. The van der Waals surface area contributed by atoms with Gasteiger partial charge in [-0.2, -0.15) is 36.3 Å². The minimum absolute atomic E-state index is 0.0366. The number of rotatable bonds is 5. The molecule has 11 nitrogen and oxygen atoms in total. The number of nitrogens with zero attached hydrogens (tertiary/aromatic N) is 4. The molecule has 0 bridgehead atoms. The van der Waals surface area contributed by atoms with Gasteiger partial charge in [-0.3, -0.25) is 4.90 Å². The third kappa shape index (κ3) is 5.89. The Kier molecular flexibility index (Phi) is 8.14. The SMILES string of the molecule is C=C1CN2CCC[C@@]2(COc2nc3c(c(N4CCCC5(CNS(=O)(=O)N5)C4)n2)CO[C@@H](c2c(F)c(N)cc(C#CC)c2C(F)(F)F)C3)C1. The Labute approximate surface area is 276 Å². The summed E-state index contributed by atoms with van der Waals surface area (Å²) in [5, 5.41) is 0. The van der Waals surface area contributed by atoms with Crippen molar-refractivity contribution in [2.45, 2.75) is 75.4 Å². The summed E-state index contributed by atoms with van der Waals surface area (Å²) in [5.74, 6) is 4.09. The van der Waals surface area contributed by atoms with E-state index in [0.717, 1.165) is 44.0 Å². The van der Waals surface area contributed by atoms with Gasteiger partial charge in [0.2, 0.25) is 0 Å². The van der Waals surface area contributed by atoms with Gasteiger partial charge in [0.05, 0.1) is 40.7 Å². The number of hydrogen-bond donors (Lipinski definition) is 3. The van der Waals surface area contributed by atoms with E-state index in [1.165, 1.54) is 6.92 Å². The summed E-state index contributed by atoms with van der Waals surface area (Å²) >= 11 is 0. The van der Waals surface area contributed by atoms with Crippen LogP contribution in [0.4, 0.5) is 29.1 Å². The highest BCUT2D eigenvalue weighted by Crippen LogP contribution is 2.45. The molecule has 5 aliphatic heterocycles. The van der Waals surface area contributed by atoms with Crippen LogP contribution < -0.4 is 24.8 Å². The second-order valence-corrected chi connectivity index (χ2v) is 14.9. The number of hydrogen-bond acceptors (Lipinski definition) is 9. The first-order valence-corrected chi connectivity index (χ1v) is 17.4. The van der Waals surface area contributed by atoms with Gasteiger partial charge in [-0.1, -0.05) is 18.1 Å². The molecule has 6 heterocycles. The summed E-state index contributed by atoms with van der Waals surface area (Å²) in [5.41, 5.74) is 3.97. The lowest BCUT2D eigenvalue weighted by atomic mass is 9.89. The van der Waals surface area contributed by atoms with Gasteiger partial charge in [0.25, 0.3) is 10.2 Å². The topological polar surface area (TPSA) is 135 Å². The Morgan fingerprint density at radius 3 is 2.77 bits per heavy atom. The summed E-state index contributed by atoms with van der Waals surface area (Å²) in [6.07, 6.45) is -2.58. The van der Waals surface area contributed by atoms with Crippen molar-refractivity contribution in [2.75, 3.05) is 50.0 Å². The van der Waals surface area contributed by atoms with Gasteiger partial charge < -0.3 is 20.1 Å². The van der Waals surface area contributed by atoms with Gasteiger partial charge in [0.15, 0.2) is 5.82 Å². The molecule has 0 saturated carbocycles. The largest absolute Gasteiger partial charge is 0.461 e. The summed E-state index contributed by atoms with van der Waals surface area (Å²) in [7, 11) is -3.65. The molecule has 0 aliphatic carbocycles. The number of nitrogen functional groups attached to an aromatic ring is 1. The Morgan fingerprint density at radius 1 is 1.25 bits per heavy atom. The molecule has 4 saturated heterocycles. The van der Waals surface area contributed by atoms with Crippen molar-refractivity contribution in [1.29, 1.82) is 0 Å². The Balaban J connectivity index is 1.28. The fourth-order valence-electron chi connectivity index (χ4n) is 8.06. The first-order valence-electron chi connectivity index (χ1n) is 15.9. The number of anilines is 2. The first-order chi connectivity index (χ1) is 22.7. The zero-order valence-corrected chi connectivity index (χ0v) is 27.3. The Hall–Kier alpha value is -3.49. The van der Waals surface area contributed by atoms with Crippen molar-refractivity contribution in [3.8, 4) is 17.9 Å². The van der Waals surface area contributed by atoms with Crippen LogP contribution >= 0.6 is 0 Å².